The largest absolute Gasteiger partial charge is 0.489 e. The van der Waals surface area contributed by atoms with E-state index in [4.69, 9.17) is 15.2 Å². The summed E-state index contributed by atoms with van der Waals surface area (Å²) in [6.07, 6.45) is 0.511. The molecule has 1 aromatic carbocycles. The second-order valence-corrected chi connectivity index (χ2v) is 7.01. The predicted molar refractivity (Wildman–Crippen MR) is 95.6 cm³/mol. The van der Waals surface area contributed by atoms with Crippen LogP contribution in [0.25, 0.3) is 11.0 Å². The van der Waals surface area contributed by atoms with Crippen molar-refractivity contribution in [3.8, 4) is 11.5 Å². The van der Waals surface area contributed by atoms with Crippen molar-refractivity contribution in [3.63, 3.8) is 0 Å². The number of aliphatic imine (C=N–C) groups is 1. The fourth-order valence-corrected chi connectivity index (χ4v) is 3.74. The smallest absolute Gasteiger partial charge is 0.212 e. The number of guanidine groups is 1. The highest BCUT2D eigenvalue weighted by molar-refractivity contribution is 7.09. The lowest BCUT2D eigenvalue weighted by molar-refractivity contribution is 0.297. The van der Waals surface area contributed by atoms with Crippen LogP contribution in [0.5, 0.6) is 11.5 Å². The lowest BCUT2D eigenvalue weighted by Gasteiger charge is -2.22. The average Bonchev–Trinajstić information content (AvgIpc) is 3.08. The molecule has 0 saturated heterocycles. The molecule has 0 aliphatic carbocycles. The Morgan fingerprint density at radius 1 is 1.24 bits per heavy atom. The van der Waals surface area contributed by atoms with Crippen LogP contribution in [-0.4, -0.2) is 33.7 Å². The Kier molecular flexibility index (Phi) is 3.11. The molecule has 4 heterocycles. The second kappa shape index (κ2) is 5.35. The lowest BCUT2D eigenvalue weighted by Crippen LogP contribution is -2.31. The number of thiazole rings is 1. The van der Waals surface area contributed by atoms with Gasteiger partial charge >= 0.3 is 0 Å². The van der Waals surface area contributed by atoms with Crippen molar-refractivity contribution >= 4 is 34.3 Å². The van der Waals surface area contributed by atoms with Crippen LogP contribution in [0.4, 0.5) is 5.95 Å². The van der Waals surface area contributed by atoms with Gasteiger partial charge in [0.15, 0.2) is 23.6 Å². The van der Waals surface area contributed by atoms with Crippen LogP contribution < -0.4 is 20.5 Å². The van der Waals surface area contributed by atoms with E-state index >= 15 is 0 Å². The molecule has 2 aromatic heterocycles. The summed E-state index contributed by atoms with van der Waals surface area (Å²) in [6.45, 7) is 3.25. The molecule has 0 radical (unpaired) electrons. The molecule has 9 heteroatoms. The number of nitrogens with two attached hydrogens (primary N) is 1. The highest BCUT2D eigenvalue weighted by atomic mass is 32.1. The van der Waals surface area contributed by atoms with Crippen LogP contribution in [0, 0.1) is 6.92 Å². The van der Waals surface area contributed by atoms with Crippen LogP contribution in [-0.2, 0) is 0 Å². The molecule has 128 valence electrons. The van der Waals surface area contributed by atoms with Gasteiger partial charge in [-0.05, 0) is 6.92 Å². The van der Waals surface area contributed by atoms with Crippen molar-refractivity contribution in [2.45, 2.75) is 19.5 Å². The lowest BCUT2D eigenvalue weighted by atomic mass is 10.2. The number of nitrogens with one attached hydrogen (secondary N) is 1. The molecule has 0 unspecified atom stereocenters. The second-order valence-electron chi connectivity index (χ2n) is 5.95. The standard InChI is InChI=1S/C16H16N6O2S/c1-8-18-10(7-25-8)14-20-15(17)21-16-19-9-5-12-13(6-11(9)22(14)16)24-4-2-3-23-12/h5-7,14H,2-4H2,1H3,(H3,17,19,20,21)/t14-/m0/s1. The molecular weight excluding hydrogens is 340 g/mol. The minimum absolute atomic E-state index is 0.326. The number of benzene rings is 1. The Labute approximate surface area is 147 Å². The van der Waals surface area contributed by atoms with Crippen molar-refractivity contribution in [2.24, 2.45) is 10.7 Å². The summed E-state index contributed by atoms with van der Waals surface area (Å²) in [7, 11) is 0. The highest BCUT2D eigenvalue weighted by Crippen LogP contribution is 2.39. The molecule has 25 heavy (non-hydrogen) atoms. The summed E-state index contributed by atoms with van der Waals surface area (Å²) in [4.78, 5) is 13.8. The molecule has 3 aromatic rings. The van der Waals surface area contributed by atoms with E-state index in [9.17, 15) is 0 Å². The zero-order chi connectivity index (χ0) is 17.0. The summed E-state index contributed by atoms with van der Waals surface area (Å²) in [6, 6.07) is 3.86. The summed E-state index contributed by atoms with van der Waals surface area (Å²) >= 11 is 1.59. The molecule has 2 aliphatic rings. The van der Waals surface area contributed by atoms with Gasteiger partial charge in [0.2, 0.25) is 5.95 Å². The maximum Gasteiger partial charge on any atom is 0.212 e. The fourth-order valence-electron chi connectivity index (χ4n) is 3.12. The third kappa shape index (κ3) is 2.30. The summed E-state index contributed by atoms with van der Waals surface area (Å²) in [5.41, 5.74) is 8.51. The van der Waals surface area contributed by atoms with Gasteiger partial charge in [-0.3, -0.25) is 9.88 Å². The molecule has 8 nitrogen and oxygen atoms in total. The van der Waals surface area contributed by atoms with E-state index in [2.05, 4.69) is 20.3 Å². The van der Waals surface area contributed by atoms with Crippen LogP contribution >= 0.6 is 11.3 Å². The van der Waals surface area contributed by atoms with E-state index in [1.165, 1.54) is 0 Å². The first-order chi connectivity index (χ1) is 12.2. The van der Waals surface area contributed by atoms with Gasteiger partial charge in [-0.25, -0.2) is 15.0 Å². The zero-order valence-corrected chi connectivity index (χ0v) is 14.3. The third-order valence-corrected chi connectivity index (χ3v) is 5.00. The maximum atomic E-state index is 5.96. The topological polar surface area (TPSA) is 99.6 Å². The van der Waals surface area contributed by atoms with E-state index in [-0.39, 0.29) is 6.17 Å². The van der Waals surface area contributed by atoms with Crippen molar-refractivity contribution in [2.75, 3.05) is 18.5 Å². The number of rotatable bonds is 1. The monoisotopic (exact) mass is 356 g/mol. The van der Waals surface area contributed by atoms with Gasteiger partial charge in [0.25, 0.3) is 0 Å². The quantitative estimate of drug-likeness (QED) is 0.694. The minimum atomic E-state index is -0.351. The maximum absolute atomic E-state index is 5.96. The fraction of sp³-hybridized carbons (Fsp3) is 0.312. The number of anilines is 1. The van der Waals surface area contributed by atoms with Gasteiger partial charge in [0.05, 0.1) is 34.9 Å². The molecule has 5 rings (SSSR count). The molecule has 0 spiro atoms. The van der Waals surface area contributed by atoms with Crippen molar-refractivity contribution < 1.29 is 9.47 Å². The molecule has 3 N–H and O–H groups in total. The zero-order valence-electron chi connectivity index (χ0n) is 13.5. The number of hydrogen-bond donors (Lipinski definition) is 2. The van der Waals surface area contributed by atoms with E-state index in [1.54, 1.807) is 11.3 Å². The minimum Gasteiger partial charge on any atom is -0.489 e. The third-order valence-electron chi connectivity index (χ3n) is 4.21. The highest BCUT2D eigenvalue weighted by Gasteiger charge is 2.28. The predicted octanol–water partition coefficient (Wildman–Crippen LogP) is 2.25. The van der Waals surface area contributed by atoms with Gasteiger partial charge in [-0.15, -0.1) is 11.3 Å². The SMILES string of the molecule is Cc1nc([C@H]2N=C(N)Nc3nc4cc5c(cc4n32)OCCCO5)cs1. The normalized spacial score (nSPS) is 19.1. The Balaban J connectivity index is 1.72. The molecule has 0 amide bonds. The van der Waals surface area contributed by atoms with Gasteiger partial charge in [0.1, 0.15) is 0 Å². The van der Waals surface area contributed by atoms with Crippen LogP contribution in [0.1, 0.15) is 23.3 Å². The first kappa shape index (κ1) is 14.5. The van der Waals surface area contributed by atoms with Crippen LogP contribution in [0.15, 0.2) is 22.5 Å². The Bertz CT molecular complexity index is 1010. The average molecular weight is 356 g/mol. The molecular formula is C16H16N6O2S. The van der Waals surface area contributed by atoms with Crippen LogP contribution in [0.2, 0.25) is 0 Å². The molecule has 0 bridgehead atoms. The molecule has 1 atom stereocenters. The first-order valence-electron chi connectivity index (χ1n) is 8.03. The number of aromatic nitrogens is 3. The van der Waals surface area contributed by atoms with E-state index < -0.39 is 0 Å². The number of hydrogen-bond acceptors (Lipinski definition) is 8. The Morgan fingerprint density at radius 3 is 2.80 bits per heavy atom. The summed E-state index contributed by atoms with van der Waals surface area (Å²) in [5, 5.41) is 6.02. The van der Waals surface area contributed by atoms with Crippen molar-refractivity contribution in [1.82, 2.24) is 14.5 Å². The van der Waals surface area contributed by atoms with Crippen molar-refractivity contribution in [1.29, 1.82) is 0 Å². The number of nitrogens with zero attached hydrogens (tertiary/aromatic N) is 4. The van der Waals surface area contributed by atoms with Gasteiger partial charge in [-0.2, -0.15) is 0 Å². The Hall–Kier alpha value is -2.81. The van der Waals surface area contributed by atoms with Gasteiger partial charge in [0, 0.05) is 23.9 Å². The van der Waals surface area contributed by atoms with E-state index in [0.29, 0.717) is 25.1 Å². The molecule has 2 aliphatic heterocycles. The summed E-state index contributed by atoms with van der Waals surface area (Å²) < 4.78 is 13.6. The van der Waals surface area contributed by atoms with Crippen LogP contribution in [0.3, 0.4) is 0 Å². The number of imidazole rings is 1. The molecule has 0 saturated carbocycles. The van der Waals surface area contributed by atoms with E-state index in [0.717, 1.165) is 39.7 Å². The first-order valence-corrected chi connectivity index (χ1v) is 8.91. The summed E-state index contributed by atoms with van der Waals surface area (Å²) in [5.74, 6) is 2.41. The molecule has 0 fully saturated rings. The number of ether oxygens (including phenoxy) is 2. The number of aryl methyl sites for hydroxylation is 1. The van der Waals surface area contributed by atoms with Crippen molar-refractivity contribution in [3.05, 3.63) is 28.2 Å². The van der Waals surface area contributed by atoms with Gasteiger partial charge in [-0.1, -0.05) is 0 Å². The number of fused-ring (bicyclic) bond motifs is 4. The van der Waals surface area contributed by atoms with Gasteiger partial charge < -0.3 is 15.2 Å². The Morgan fingerprint density at radius 2 is 2.04 bits per heavy atom. The van der Waals surface area contributed by atoms with E-state index in [1.807, 2.05) is 29.0 Å².